The normalized spacial score (nSPS) is 18.7. The van der Waals surface area contributed by atoms with Gasteiger partial charge in [0.05, 0.1) is 5.02 Å². The van der Waals surface area contributed by atoms with Gasteiger partial charge < -0.3 is 4.74 Å². The zero-order chi connectivity index (χ0) is 14.9. The summed E-state index contributed by atoms with van der Waals surface area (Å²) < 4.78 is 6.20. The summed E-state index contributed by atoms with van der Waals surface area (Å²) in [5.41, 5.74) is 4.29. The van der Waals surface area contributed by atoms with E-state index in [1.165, 1.54) is 0 Å². The fourth-order valence-electron chi connectivity index (χ4n) is 2.53. The van der Waals surface area contributed by atoms with E-state index in [0.717, 1.165) is 45.7 Å². The van der Waals surface area contributed by atoms with Crippen LogP contribution in [0.25, 0.3) is 6.08 Å². The van der Waals surface area contributed by atoms with Gasteiger partial charge in [0.15, 0.2) is 0 Å². The average molecular weight is 307 g/mol. The topological polar surface area (TPSA) is 9.23 Å². The maximum Gasteiger partial charge on any atom is 0.146 e. The third-order valence-electron chi connectivity index (χ3n) is 3.66. The van der Waals surface area contributed by atoms with E-state index >= 15 is 0 Å². The van der Waals surface area contributed by atoms with Gasteiger partial charge in [-0.3, -0.25) is 0 Å². The molecule has 1 atom stereocenters. The van der Waals surface area contributed by atoms with Gasteiger partial charge in [0, 0.05) is 10.4 Å². The van der Waals surface area contributed by atoms with Crippen LogP contribution in [0.2, 0.25) is 5.02 Å². The summed E-state index contributed by atoms with van der Waals surface area (Å²) in [6.45, 7) is 9.97. The summed E-state index contributed by atoms with van der Waals surface area (Å²) in [5, 5.41) is 0.673. The van der Waals surface area contributed by atoms with E-state index in [0.29, 0.717) is 5.02 Å². The van der Waals surface area contributed by atoms with Crippen LogP contribution in [0.3, 0.4) is 0 Å². The number of hydrogen-bond acceptors (Lipinski definition) is 2. The minimum atomic E-state index is 0.0408. The number of ether oxygens (including phenoxy) is 1. The molecule has 106 valence electrons. The van der Waals surface area contributed by atoms with E-state index in [9.17, 15) is 0 Å². The molecule has 20 heavy (non-hydrogen) atoms. The number of thiocarbonyl (C=S) groups is 1. The van der Waals surface area contributed by atoms with Gasteiger partial charge in [-0.15, -0.1) is 0 Å². The molecule has 0 N–H and O–H groups in total. The Morgan fingerprint density at radius 2 is 2.05 bits per heavy atom. The lowest BCUT2D eigenvalue weighted by molar-refractivity contribution is 0.226. The molecule has 0 spiro atoms. The van der Waals surface area contributed by atoms with Gasteiger partial charge >= 0.3 is 0 Å². The van der Waals surface area contributed by atoms with E-state index in [1.807, 2.05) is 26.0 Å². The van der Waals surface area contributed by atoms with Crippen LogP contribution in [-0.4, -0.2) is 11.0 Å². The fraction of sp³-hybridized carbons (Fsp3) is 0.353. The van der Waals surface area contributed by atoms with Crippen LogP contribution in [0.15, 0.2) is 24.3 Å². The highest BCUT2D eigenvalue weighted by atomic mass is 35.5. The molecule has 0 bridgehead atoms. The minimum Gasteiger partial charge on any atom is -0.484 e. The van der Waals surface area contributed by atoms with Crippen LogP contribution in [-0.2, 0) is 0 Å². The van der Waals surface area contributed by atoms with Crippen molar-refractivity contribution in [2.45, 2.75) is 39.7 Å². The second-order valence-electron chi connectivity index (χ2n) is 5.27. The molecule has 0 amide bonds. The van der Waals surface area contributed by atoms with Crippen molar-refractivity contribution in [1.82, 2.24) is 0 Å². The number of rotatable bonds is 3. The molecule has 0 aromatic heterocycles. The highest BCUT2D eigenvalue weighted by Crippen LogP contribution is 2.37. The Hall–Kier alpha value is -1.12. The molecular weight excluding hydrogens is 288 g/mol. The maximum absolute atomic E-state index is 6.43. The van der Waals surface area contributed by atoms with Gasteiger partial charge in [0.25, 0.3) is 0 Å². The molecule has 0 fully saturated rings. The first-order valence-electron chi connectivity index (χ1n) is 6.74. The van der Waals surface area contributed by atoms with Gasteiger partial charge in [0.2, 0.25) is 0 Å². The van der Waals surface area contributed by atoms with Crippen molar-refractivity contribution in [3.63, 3.8) is 0 Å². The van der Waals surface area contributed by atoms with Gasteiger partial charge in [0.1, 0.15) is 11.9 Å². The molecule has 1 aliphatic rings. The van der Waals surface area contributed by atoms with Crippen LogP contribution >= 0.6 is 23.8 Å². The summed E-state index contributed by atoms with van der Waals surface area (Å²) in [4.78, 5) is 0.998. The van der Waals surface area contributed by atoms with Crippen molar-refractivity contribution in [1.29, 1.82) is 0 Å². The largest absolute Gasteiger partial charge is 0.484 e. The predicted octanol–water partition coefficient (Wildman–Crippen LogP) is 5.46. The smallest absolute Gasteiger partial charge is 0.146 e. The summed E-state index contributed by atoms with van der Waals surface area (Å²) in [5.74, 6) is 0.740. The Morgan fingerprint density at radius 1 is 1.35 bits per heavy atom. The van der Waals surface area contributed by atoms with Crippen LogP contribution in [0.5, 0.6) is 5.75 Å². The van der Waals surface area contributed by atoms with Crippen LogP contribution in [0.4, 0.5) is 0 Å². The van der Waals surface area contributed by atoms with Crippen molar-refractivity contribution in [2.24, 2.45) is 0 Å². The minimum absolute atomic E-state index is 0.0408. The van der Waals surface area contributed by atoms with E-state index in [2.05, 4.69) is 19.6 Å². The maximum atomic E-state index is 6.43. The summed E-state index contributed by atoms with van der Waals surface area (Å²) in [6.07, 6.45) is 5.68. The van der Waals surface area contributed by atoms with Crippen LogP contribution in [0, 0.1) is 13.8 Å². The Kier molecular flexibility index (Phi) is 4.66. The molecule has 0 saturated carbocycles. The summed E-state index contributed by atoms with van der Waals surface area (Å²) >= 11 is 11.7. The molecule has 0 aliphatic heterocycles. The first-order chi connectivity index (χ1) is 9.43. The lowest BCUT2D eigenvalue weighted by Crippen LogP contribution is -2.23. The van der Waals surface area contributed by atoms with Crippen molar-refractivity contribution < 1.29 is 4.74 Å². The van der Waals surface area contributed by atoms with E-state index < -0.39 is 0 Å². The third kappa shape index (κ3) is 2.97. The van der Waals surface area contributed by atoms with Crippen molar-refractivity contribution in [3.8, 4) is 5.75 Å². The highest BCUT2D eigenvalue weighted by molar-refractivity contribution is 7.80. The molecule has 1 aliphatic carbocycles. The van der Waals surface area contributed by atoms with Gasteiger partial charge in [-0.1, -0.05) is 42.5 Å². The first-order valence-corrected chi connectivity index (χ1v) is 7.52. The molecule has 0 heterocycles. The van der Waals surface area contributed by atoms with Gasteiger partial charge in [-0.2, -0.15) is 0 Å². The van der Waals surface area contributed by atoms with Crippen molar-refractivity contribution in [2.75, 3.05) is 0 Å². The highest BCUT2D eigenvalue weighted by Gasteiger charge is 2.22. The molecule has 3 heteroatoms. The zero-order valence-corrected chi connectivity index (χ0v) is 13.7. The van der Waals surface area contributed by atoms with Gasteiger partial charge in [-0.25, -0.2) is 0 Å². The standard InChI is InChI=1S/C17H19ClOS/c1-5-14-10(2)8-12(4)16(18)17(14)19-15-7-6-13(20)9-11(15)3/h5,8-9,15H,1,6-7H2,2-4H3. The predicted molar refractivity (Wildman–Crippen MR) is 91.0 cm³/mol. The fourth-order valence-corrected chi connectivity index (χ4v) is 3.03. The monoisotopic (exact) mass is 306 g/mol. The Morgan fingerprint density at radius 3 is 2.65 bits per heavy atom. The third-order valence-corrected chi connectivity index (χ3v) is 4.45. The molecule has 0 radical (unpaired) electrons. The SMILES string of the molecule is C=Cc1c(C)cc(C)c(Cl)c1OC1CCC(=S)C=C1C. The van der Waals surface area contributed by atoms with Gasteiger partial charge in [-0.05, 0) is 56.4 Å². The van der Waals surface area contributed by atoms with Crippen molar-refractivity contribution in [3.05, 3.63) is 46.0 Å². The molecule has 0 saturated heterocycles. The number of hydrogen-bond donors (Lipinski definition) is 0. The number of aryl methyl sites for hydroxylation is 2. The quantitative estimate of drug-likeness (QED) is 0.686. The Labute approximate surface area is 131 Å². The number of allylic oxidation sites excluding steroid dienone is 1. The zero-order valence-electron chi connectivity index (χ0n) is 12.1. The van der Waals surface area contributed by atoms with Crippen LogP contribution in [0.1, 0.15) is 36.5 Å². The molecule has 1 nitrogen and oxygen atoms in total. The van der Waals surface area contributed by atoms with Crippen molar-refractivity contribution >= 4 is 34.8 Å². The summed E-state index contributed by atoms with van der Waals surface area (Å²) in [7, 11) is 0. The Bertz CT molecular complexity index is 601. The van der Waals surface area contributed by atoms with E-state index in [1.54, 1.807) is 0 Å². The second kappa shape index (κ2) is 6.11. The number of halogens is 1. The first kappa shape index (κ1) is 15.3. The van der Waals surface area contributed by atoms with Crippen LogP contribution < -0.4 is 4.74 Å². The molecule has 2 rings (SSSR count). The molecule has 1 aromatic rings. The average Bonchev–Trinajstić information content (AvgIpc) is 2.38. The second-order valence-corrected chi connectivity index (χ2v) is 6.17. The van der Waals surface area contributed by atoms with E-state index in [-0.39, 0.29) is 6.10 Å². The molecule has 1 unspecified atom stereocenters. The molecule has 1 aromatic carbocycles. The lowest BCUT2D eigenvalue weighted by atomic mass is 9.97. The molecular formula is C17H19ClOS. The lowest BCUT2D eigenvalue weighted by Gasteiger charge is -2.26. The van der Waals surface area contributed by atoms with E-state index in [4.69, 9.17) is 28.6 Å². The summed E-state index contributed by atoms with van der Waals surface area (Å²) in [6, 6.07) is 2.06. The number of benzene rings is 1. The Balaban J connectivity index is 2.41.